The van der Waals surface area contributed by atoms with E-state index < -0.39 is 0 Å². The quantitative estimate of drug-likeness (QED) is 0.348. The summed E-state index contributed by atoms with van der Waals surface area (Å²) in [6, 6.07) is 3.74. The highest BCUT2D eigenvalue weighted by Gasteiger charge is 2.10. The van der Waals surface area contributed by atoms with Crippen molar-refractivity contribution in [3.8, 4) is 0 Å². The molecule has 0 aliphatic rings. The van der Waals surface area contributed by atoms with Crippen molar-refractivity contribution in [1.82, 2.24) is 0 Å². The fourth-order valence-electron chi connectivity index (χ4n) is 1.10. The molecule has 0 saturated heterocycles. The van der Waals surface area contributed by atoms with Crippen LogP contribution in [0.25, 0.3) is 0 Å². The monoisotopic (exact) mass is 434 g/mol. The molecule has 0 aromatic heterocycles. The lowest BCUT2D eigenvalue weighted by molar-refractivity contribution is 1.45. The van der Waals surface area contributed by atoms with Crippen LogP contribution in [-0.2, 0) is 0 Å². The van der Waals surface area contributed by atoms with E-state index in [1.54, 1.807) is 13.0 Å². The van der Waals surface area contributed by atoms with Crippen molar-refractivity contribution in [3.63, 3.8) is 0 Å². The third kappa shape index (κ3) is 4.86. The van der Waals surface area contributed by atoms with E-state index in [1.807, 2.05) is 19.9 Å². The Morgan fingerprint density at radius 2 is 2.06 bits per heavy atom. The second-order valence-electron chi connectivity index (χ2n) is 2.65. The zero-order chi connectivity index (χ0) is 12.7. The molecule has 0 radical (unpaired) electrons. The fourth-order valence-corrected chi connectivity index (χ4v) is 3.23. The Morgan fingerprint density at radius 3 is 2.50 bits per heavy atom. The van der Waals surface area contributed by atoms with Gasteiger partial charge in [0.2, 0.25) is 0 Å². The summed E-state index contributed by atoms with van der Waals surface area (Å²) in [6.07, 6.45) is 0.561. The molecule has 1 aromatic carbocycles. The van der Waals surface area contributed by atoms with Crippen molar-refractivity contribution in [2.24, 2.45) is 0 Å². The molecule has 0 amide bonds. The number of halogens is 3. The Bertz CT molecular complexity index is 374. The molecule has 1 unspecified atom stereocenters. The zero-order valence-corrected chi connectivity index (χ0v) is 14.8. The number of benzene rings is 1. The molecule has 1 rings (SSSR count). The Balaban J connectivity index is 0.00000106. The van der Waals surface area contributed by atoms with Crippen molar-refractivity contribution in [1.29, 1.82) is 5.41 Å². The minimum absolute atomic E-state index is 0.472. The number of nitrogens with one attached hydrogen (secondary N) is 2. The Labute approximate surface area is 125 Å². The predicted octanol–water partition coefficient (Wildman–Crippen LogP) is 5.87. The smallest absolute Gasteiger partial charge is 0.0528 e. The van der Waals surface area contributed by atoms with Crippen molar-refractivity contribution < 1.29 is 0 Å². The largest absolute Gasteiger partial charge is 0.358 e. The summed E-state index contributed by atoms with van der Waals surface area (Å²) < 4.78 is 0.921. The SMILES string of the molecule is CC.CC(=N)c1c(Cl)cc(Br)cc1NPI. The number of rotatable bonds is 3. The van der Waals surface area contributed by atoms with Crippen molar-refractivity contribution >= 4 is 67.3 Å². The van der Waals surface area contributed by atoms with Gasteiger partial charge in [-0.1, -0.05) is 41.4 Å². The Kier molecular flexibility index (Phi) is 9.01. The van der Waals surface area contributed by atoms with Crippen molar-refractivity contribution in [2.45, 2.75) is 20.8 Å². The van der Waals surface area contributed by atoms with E-state index in [-0.39, 0.29) is 0 Å². The molecular formula is C10H14BrClIN2P. The normalized spacial score (nSPS) is 9.88. The second-order valence-corrected chi connectivity index (χ2v) is 6.03. The average Bonchev–Trinajstić information content (AvgIpc) is 2.19. The van der Waals surface area contributed by atoms with Crippen LogP contribution in [0.3, 0.4) is 0 Å². The molecule has 0 spiro atoms. The number of anilines is 1. The van der Waals surface area contributed by atoms with E-state index in [4.69, 9.17) is 17.0 Å². The molecule has 90 valence electrons. The highest BCUT2D eigenvalue weighted by atomic mass is 127. The molecule has 2 nitrogen and oxygen atoms in total. The van der Waals surface area contributed by atoms with Crippen LogP contribution >= 0.6 is 55.9 Å². The molecular weight excluding hydrogens is 421 g/mol. The molecule has 0 aliphatic carbocycles. The highest BCUT2D eigenvalue weighted by molar-refractivity contribution is 14.2. The van der Waals surface area contributed by atoms with Gasteiger partial charge in [0.15, 0.2) is 0 Å². The first-order valence-corrected chi connectivity index (χ1v) is 10.0. The maximum absolute atomic E-state index is 7.63. The van der Waals surface area contributed by atoms with Crippen LogP contribution in [-0.4, -0.2) is 5.71 Å². The number of hydrogen-bond donors (Lipinski definition) is 2. The average molecular weight is 435 g/mol. The summed E-state index contributed by atoms with van der Waals surface area (Å²) in [7, 11) is 0. The molecule has 2 N–H and O–H groups in total. The first-order chi connectivity index (χ1) is 7.56. The molecule has 16 heavy (non-hydrogen) atoms. The third-order valence-electron chi connectivity index (χ3n) is 1.61. The molecule has 1 aromatic rings. The maximum Gasteiger partial charge on any atom is 0.0528 e. The van der Waals surface area contributed by atoms with E-state index in [9.17, 15) is 0 Å². The lowest BCUT2D eigenvalue weighted by atomic mass is 10.1. The van der Waals surface area contributed by atoms with Crippen molar-refractivity contribution in [3.05, 3.63) is 27.2 Å². The summed E-state index contributed by atoms with van der Waals surface area (Å²) >= 11 is 11.7. The maximum atomic E-state index is 7.63. The Morgan fingerprint density at radius 1 is 1.50 bits per heavy atom. The van der Waals surface area contributed by atoms with Crippen LogP contribution in [0.4, 0.5) is 5.69 Å². The van der Waals surface area contributed by atoms with Crippen LogP contribution in [0.2, 0.25) is 5.02 Å². The lowest BCUT2D eigenvalue weighted by Gasteiger charge is -2.11. The first-order valence-electron chi connectivity index (χ1n) is 4.72. The Hall–Kier alpha value is 0.620. The van der Waals surface area contributed by atoms with E-state index in [0.717, 1.165) is 15.7 Å². The van der Waals surface area contributed by atoms with Gasteiger partial charge in [-0.15, -0.1) is 0 Å². The molecule has 0 heterocycles. The van der Waals surface area contributed by atoms with Gasteiger partial charge in [-0.25, -0.2) is 0 Å². The molecule has 6 heteroatoms. The van der Waals surface area contributed by atoms with Gasteiger partial charge in [-0.3, -0.25) is 0 Å². The van der Waals surface area contributed by atoms with Crippen LogP contribution < -0.4 is 5.09 Å². The van der Waals surface area contributed by atoms with Crippen LogP contribution in [0.1, 0.15) is 26.3 Å². The second kappa shape index (κ2) is 8.67. The van der Waals surface area contributed by atoms with Crippen LogP contribution in [0, 0.1) is 5.41 Å². The molecule has 0 fully saturated rings. The predicted molar refractivity (Wildman–Crippen MR) is 89.0 cm³/mol. The third-order valence-corrected chi connectivity index (χ3v) is 3.54. The fraction of sp³-hybridized carbons (Fsp3) is 0.300. The summed E-state index contributed by atoms with van der Waals surface area (Å²) in [5.41, 5.74) is 2.16. The van der Waals surface area contributed by atoms with E-state index in [2.05, 4.69) is 43.1 Å². The van der Waals surface area contributed by atoms with Gasteiger partial charge in [0.25, 0.3) is 0 Å². The van der Waals surface area contributed by atoms with Gasteiger partial charge in [0, 0.05) is 27.8 Å². The van der Waals surface area contributed by atoms with Gasteiger partial charge in [-0.2, -0.15) is 0 Å². The van der Waals surface area contributed by atoms with Gasteiger partial charge in [-0.05, 0) is 41.1 Å². The van der Waals surface area contributed by atoms with Crippen LogP contribution in [0.5, 0.6) is 0 Å². The van der Waals surface area contributed by atoms with Gasteiger partial charge in [0.05, 0.1) is 5.02 Å². The lowest BCUT2D eigenvalue weighted by Crippen LogP contribution is -1.98. The summed E-state index contributed by atoms with van der Waals surface area (Å²) in [4.78, 5) is 0. The zero-order valence-electron chi connectivity index (χ0n) is 9.29. The topological polar surface area (TPSA) is 35.9 Å². The summed E-state index contributed by atoms with van der Waals surface area (Å²) in [5.74, 6) is 0. The minimum Gasteiger partial charge on any atom is -0.358 e. The van der Waals surface area contributed by atoms with Gasteiger partial charge >= 0.3 is 0 Å². The summed E-state index contributed by atoms with van der Waals surface area (Å²) in [6.45, 7) is 5.73. The molecule has 0 aliphatic heterocycles. The highest BCUT2D eigenvalue weighted by Crippen LogP contribution is 2.34. The van der Waals surface area contributed by atoms with Gasteiger partial charge in [0.1, 0.15) is 0 Å². The minimum atomic E-state index is 0.472. The first kappa shape index (κ1) is 16.6. The van der Waals surface area contributed by atoms with Crippen molar-refractivity contribution in [2.75, 3.05) is 5.09 Å². The van der Waals surface area contributed by atoms with Gasteiger partial charge < -0.3 is 10.5 Å². The number of hydrogen-bond acceptors (Lipinski definition) is 2. The molecule has 1 atom stereocenters. The molecule has 0 bridgehead atoms. The van der Waals surface area contributed by atoms with Crippen LogP contribution in [0.15, 0.2) is 16.6 Å². The van der Waals surface area contributed by atoms with E-state index >= 15 is 0 Å². The standard InChI is InChI=1S/C8H8BrClIN2P.C2H6/c1-4(12)8-6(10)2-5(9)3-7(8)13-14-11;1-2/h2-3,12-14H,1H3;1-2H3. The molecule has 0 saturated carbocycles. The summed E-state index contributed by atoms with van der Waals surface area (Å²) in [5, 5.41) is 11.4. The van der Waals surface area contributed by atoms with E-state index in [1.165, 1.54) is 0 Å². The van der Waals surface area contributed by atoms with E-state index in [0.29, 0.717) is 17.1 Å².